The lowest BCUT2D eigenvalue weighted by atomic mass is 9.74. The molecule has 2 fully saturated rings. The van der Waals surface area contributed by atoms with Crippen LogP contribution >= 0.6 is 0 Å². The molecule has 3 amide bonds. The maximum absolute atomic E-state index is 13.7. The summed E-state index contributed by atoms with van der Waals surface area (Å²) in [4.78, 5) is 45.5. The molecular formula is C26H39N3O4. The van der Waals surface area contributed by atoms with Crippen molar-refractivity contribution < 1.29 is 19.1 Å². The van der Waals surface area contributed by atoms with Gasteiger partial charge in [0.15, 0.2) is 0 Å². The van der Waals surface area contributed by atoms with Gasteiger partial charge in [0.05, 0.1) is 5.41 Å². The molecule has 2 saturated heterocycles. The molecule has 3 rings (SSSR count). The molecule has 2 aliphatic rings. The van der Waals surface area contributed by atoms with E-state index >= 15 is 0 Å². The molecule has 0 saturated carbocycles. The third-order valence-electron chi connectivity index (χ3n) is 7.32. The largest absolute Gasteiger partial charge is 0.385 e. The van der Waals surface area contributed by atoms with Gasteiger partial charge in [0, 0.05) is 52.7 Å². The number of ether oxygens (including phenoxy) is 1. The van der Waals surface area contributed by atoms with Crippen molar-refractivity contribution in [2.75, 3.05) is 46.9 Å². The number of amides is 3. The molecule has 2 aliphatic heterocycles. The van der Waals surface area contributed by atoms with Crippen LogP contribution in [0.2, 0.25) is 0 Å². The summed E-state index contributed by atoms with van der Waals surface area (Å²) in [6.45, 7) is 7.85. The van der Waals surface area contributed by atoms with Crippen LogP contribution in [0.4, 0.5) is 0 Å². The van der Waals surface area contributed by atoms with E-state index in [0.29, 0.717) is 32.2 Å². The molecule has 1 aromatic rings. The van der Waals surface area contributed by atoms with Crippen LogP contribution in [0.1, 0.15) is 56.6 Å². The first-order valence-corrected chi connectivity index (χ1v) is 12.2. The van der Waals surface area contributed by atoms with Gasteiger partial charge in [-0.2, -0.15) is 0 Å². The van der Waals surface area contributed by atoms with Gasteiger partial charge in [-0.15, -0.1) is 0 Å². The molecule has 2 heterocycles. The average Bonchev–Trinajstić information content (AvgIpc) is 3.41. The summed E-state index contributed by atoms with van der Waals surface area (Å²) in [5.41, 5.74) is 0.571. The topological polar surface area (TPSA) is 70.2 Å². The van der Waals surface area contributed by atoms with Crippen LogP contribution in [0.3, 0.4) is 0 Å². The second kappa shape index (κ2) is 11.3. The van der Waals surface area contributed by atoms with Gasteiger partial charge in [-0.1, -0.05) is 24.3 Å². The number of carbonyl (C=O) groups excluding carboxylic acids is 3. The Bertz CT molecular complexity index is 852. The highest BCUT2D eigenvalue weighted by Crippen LogP contribution is 2.41. The van der Waals surface area contributed by atoms with E-state index in [2.05, 4.69) is 11.8 Å². The fraction of sp³-hybridized carbons (Fsp3) is 0.654. The smallest absolute Gasteiger partial charge is 0.240 e. The van der Waals surface area contributed by atoms with Gasteiger partial charge >= 0.3 is 0 Å². The summed E-state index contributed by atoms with van der Waals surface area (Å²) >= 11 is 0. The summed E-state index contributed by atoms with van der Waals surface area (Å²) < 4.78 is 5.09. The van der Waals surface area contributed by atoms with Crippen molar-refractivity contribution in [3.05, 3.63) is 35.4 Å². The Balaban J connectivity index is 1.76. The fourth-order valence-corrected chi connectivity index (χ4v) is 5.21. The minimum atomic E-state index is -1.14. The van der Waals surface area contributed by atoms with Crippen LogP contribution in [-0.4, -0.2) is 85.4 Å². The van der Waals surface area contributed by atoms with E-state index in [1.165, 1.54) is 17.7 Å². The van der Waals surface area contributed by atoms with Gasteiger partial charge < -0.3 is 14.5 Å². The summed E-state index contributed by atoms with van der Waals surface area (Å²) in [6.07, 6.45) is 4.02. The van der Waals surface area contributed by atoms with Crippen LogP contribution in [0.5, 0.6) is 0 Å². The first-order valence-electron chi connectivity index (χ1n) is 12.2. The Morgan fingerprint density at radius 1 is 1.21 bits per heavy atom. The number of hydrogen-bond donors (Lipinski definition) is 0. The lowest BCUT2D eigenvalue weighted by molar-refractivity contribution is -0.142. The summed E-state index contributed by atoms with van der Waals surface area (Å²) in [5, 5.41) is 0. The average molecular weight is 458 g/mol. The number of benzene rings is 1. The fourth-order valence-electron chi connectivity index (χ4n) is 5.21. The number of aryl methyl sites for hydroxylation is 1. The highest BCUT2D eigenvalue weighted by Gasteiger charge is 2.54. The lowest BCUT2D eigenvalue weighted by Gasteiger charge is -2.31. The SMILES string of the molecule is COCCCN1C(=O)C[C@@](CC(=O)N(C)CC[C@@H](C)N2CCCC2)(c2ccccc2C)C1=O. The van der Waals surface area contributed by atoms with Gasteiger partial charge in [0.25, 0.3) is 0 Å². The number of nitrogens with zero attached hydrogens (tertiary/aromatic N) is 3. The van der Waals surface area contributed by atoms with Crippen LogP contribution in [0.25, 0.3) is 0 Å². The van der Waals surface area contributed by atoms with Crippen molar-refractivity contribution in [3.63, 3.8) is 0 Å². The van der Waals surface area contributed by atoms with E-state index in [0.717, 1.165) is 30.6 Å². The highest BCUT2D eigenvalue weighted by atomic mass is 16.5. The van der Waals surface area contributed by atoms with E-state index < -0.39 is 5.41 Å². The molecule has 33 heavy (non-hydrogen) atoms. The van der Waals surface area contributed by atoms with E-state index in [1.807, 2.05) is 38.2 Å². The zero-order chi connectivity index (χ0) is 24.0. The van der Waals surface area contributed by atoms with Gasteiger partial charge in [-0.3, -0.25) is 19.3 Å². The molecule has 0 aliphatic carbocycles. The Kier molecular flexibility index (Phi) is 8.65. The van der Waals surface area contributed by atoms with E-state index in [-0.39, 0.29) is 30.6 Å². The Morgan fingerprint density at radius 2 is 1.91 bits per heavy atom. The Hall–Kier alpha value is -2.25. The van der Waals surface area contributed by atoms with Crippen molar-refractivity contribution in [3.8, 4) is 0 Å². The first-order chi connectivity index (χ1) is 15.8. The number of likely N-dealkylation sites (tertiary alicyclic amines) is 2. The second-order valence-electron chi connectivity index (χ2n) is 9.64. The van der Waals surface area contributed by atoms with Crippen LogP contribution in [0.15, 0.2) is 24.3 Å². The van der Waals surface area contributed by atoms with Crippen molar-refractivity contribution in [2.24, 2.45) is 0 Å². The number of rotatable bonds is 11. The number of imide groups is 1. The molecule has 1 aromatic carbocycles. The molecule has 0 radical (unpaired) electrons. The predicted molar refractivity (Wildman–Crippen MR) is 128 cm³/mol. The monoisotopic (exact) mass is 457 g/mol. The minimum absolute atomic E-state index is 0.0117. The molecular weight excluding hydrogens is 418 g/mol. The first kappa shape index (κ1) is 25.4. The minimum Gasteiger partial charge on any atom is -0.385 e. The molecule has 2 atom stereocenters. The standard InChI is InChI=1S/C26H39N3O4/c1-20-10-5-6-11-22(20)26(19-24(31)29(25(26)32)15-9-17-33-4)18-23(30)27(3)16-12-21(2)28-13-7-8-14-28/h5-6,10-11,21H,7-9,12-19H2,1-4H3/t21-,26+/m1/s1. The molecule has 0 N–H and O–H groups in total. The van der Waals surface area contributed by atoms with E-state index in [4.69, 9.17) is 4.74 Å². The number of hydrogen-bond acceptors (Lipinski definition) is 5. The summed E-state index contributed by atoms with van der Waals surface area (Å²) in [5.74, 6) is -0.561. The summed E-state index contributed by atoms with van der Waals surface area (Å²) in [6, 6.07) is 8.05. The van der Waals surface area contributed by atoms with Gasteiger partial charge in [0.2, 0.25) is 17.7 Å². The molecule has 0 spiro atoms. The lowest BCUT2D eigenvalue weighted by Crippen LogP contribution is -2.44. The molecule has 7 nitrogen and oxygen atoms in total. The maximum atomic E-state index is 13.7. The van der Waals surface area contributed by atoms with Crippen LogP contribution < -0.4 is 0 Å². The molecule has 0 aromatic heterocycles. The van der Waals surface area contributed by atoms with Gasteiger partial charge in [0.1, 0.15) is 0 Å². The maximum Gasteiger partial charge on any atom is 0.240 e. The molecule has 0 unspecified atom stereocenters. The van der Waals surface area contributed by atoms with Crippen molar-refractivity contribution in [1.82, 2.24) is 14.7 Å². The molecule has 7 heteroatoms. The third kappa shape index (κ3) is 5.64. The van der Waals surface area contributed by atoms with E-state index in [1.54, 1.807) is 12.0 Å². The van der Waals surface area contributed by atoms with Gasteiger partial charge in [-0.05, 0) is 63.7 Å². The molecule has 0 bridgehead atoms. The van der Waals surface area contributed by atoms with Crippen molar-refractivity contribution in [1.29, 1.82) is 0 Å². The van der Waals surface area contributed by atoms with Crippen molar-refractivity contribution in [2.45, 2.75) is 63.8 Å². The molecule has 182 valence electrons. The zero-order valence-electron chi connectivity index (χ0n) is 20.6. The van der Waals surface area contributed by atoms with Crippen LogP contribution in [0, 0.1) is 6.92 Å². The van der Waals surface area contributed by atoms with Gasteiger partial charge in [-0.25, -0.2) is 0 Å². The normalized spacial score (nSPS) is 22.2. The zero-order valence-corrected chi connectivity index (χ0v) is 20.6. The predicted octanol–water partition coefficient (Wildman–Crippen LogP) is 2.75. The number of methoxy groups -OCH3 is 1. The summed E-state index contributed by atoms with van der Waals surface area (Å²) in [7, 11) is 3.41. The highest BCUT2D eigenvalue weighted by molar-refractivity contribution is 6.10. The third-order valence-corrected chi connectivity index (χ3v) is 7.32. The second-order valence-corrected chi connectivity index (χ2v) is 9.64. The Labute approximate surface area is 198 Å². The number of carbonyl (C=O) groups is 3. The Morgan fingerprint density at radius 3 is 2.58 bits per heavy atom. The quantitative estimate of drug-likeness (QED) is 0.378. The van der Waals surface area contributed by atoms with Crippen LogP contribution in [-0.2, 0) is 24.5 Å². The van der Waals surface area contributed by atoms with Crippen molar-refractivity contribution >= 4 is 17.7 Å². The van der Waals surface area contributed by atoms with E-state index in [9.17, 15) is 14.4 Å².